The van der Waals surface area contributed by atoms with Gasteiger partial charge in [0.05, 0.1) is 5.75 Å². The second kappa shape index (κ2) is 10.7. The Morgan fingerprint density at radius 1 is 1.16 bits per heavy atom. The van der Waals surface area contributed by atoms with Crippen molar-refractivity contribution in [3.8, 4) is 0 Å². The Morgan fingerprint density at radius 3 is 2.39 bits per heavy atom. The monoisotopic (exact) mass is 448 g/mol. The number of alkyl carbamates (subject to hydrolysis) is 1. The summed E-state index contributed by atoms with van der Waals surface area (Å²) in [6, 6.07) is 5.38. The zero-order valence-electron chi connectivity index (χ0n) is 19.2. The van der Waals surface area contributed by atoms with E-state index in [4.69, 9.17) is 9.15 Å². The number of amides is 2. The number of thioether (sulfide) groups is 1. The van der Waals surface area contributed by atoms with Crippen LogP contribution in [0.4, 0.5) is 10.5 Å². The van der Waals surface area contributed by atoms with Crippen LogP contribution in [-0.2, 0) is 9.53 Å². The molecule has 1 atom stereocenters. The standard InChI is InChI=1S/C22H32N4O4S/c1-13(2)11-16(23-20(28)30-22(5,6)7)19-25-26-21(29-19)31-12-17(27)24-18-14(3)9-8-10-15(18)4/h8-10,13,16H,11-12H2,1-7H3,(H,23,28)(H,24,27)/t16-/m0/s1. The number of ether oxygens (including phenoxy) is 1. The van der Waals surface area contributed by atoms with Crippen LogP contribution in [0.2, 0.25) is 0 Å². The number of rotatable bonds is 8. The van der Waals surface area contributed by atoms with E-state index in [0.717, 1.165) is 28.6 Å². The van der Waals surface area contributed by atoms with Gasteiger partial charge >= 0.3 is 6.09 Å². The van der Waals surface area contributed by atoms with Gasteiger partial charge in [-0.05, 0) is 58.1 Å². The van der Waals surface area contributed by atoms with Crippen molar-refractivity contribution in [2.45, 2.75) is 71.8 Å². The second-order valence-corrected chi connectivity index (χ2v) is 9.76. The van der Waals surface area contributed by atoms with Gasteiger partial charge < -0.3 is 19.8 Å². The Balaban J connectivity index is 1.99. The number of anilines is 1. The molecular formula is C22H32N4O4S. The third kappa shape index (κ3) is 8.24. The number of aryl methyl sites for hydroxylation is 2. The number of aromatic nitrogens is 2. The highest BCUT2D eigenvalue weighted by molar-refractivity contribution is 7.99. The Hall–Kier alpha value is -2.55. The molecule has 1 aromatic heterocycles. The first kappa shape index (κ1) is 24.7. The molecule has 2 aromatic rings. The average Bonchev–Trinajstić information content (AvgIpc) is 3.10. The maximum atomic E-state index is 12.4. The van der Waals surface area contributed by atoms with Crippen LogP contribution < -0.4 is 10.6 Å². The lowest BCUT2D eigenvalue weighted by molar-refractivity contribution is -0.113. The number of carbonyl (C=O) groups excluding carboxylic acids is 2. The second-order valence-electron chi connectivity index (χ2n) is 8.84. The van der Waals surface area contributed by atoms with E-state index in [1.165, 1.54) is 0 Å². The van der Waals surface area contributed by atoms with E-state index in [2.05, 4.69) is 20.8 Å². The molecule has 2 N–H and O–H groups in total. The third-order valence-electron chi connectivity index (χ3n) is 4.19. The lowest BCUT2D eigenvalue weighted by Gasteiger charge is -2.22. The molecule has 0 saturated carbocycles. The smallest absolute Gasteiger partial charge is 0.408 e. The van der Waals surface area contributed by atoms with Gasteiger partial charge in [-0.25, -0.2) is 4.79 Å². The van der Waals surface area contributed by atoms with Crippen molar-refractivity contribution >= 4 is 29.4 Å². The molecule has 1 aromatic carbocycles. The molecule has 0 radical (unpaired) electrons. The maximum Gasteiger partial charge on any atom is 0.408 e. The van der Waals surface area contributed by atoms with Gasteiger partial charge in [-0.2, -0.15) is 0 Å². The highest BCUT2D eigenvalue weighted by atomic mass is 32.2. The molecule has 8 nitrogen and oxygen atoms in total. The van der Waals surface area contributed by atoms with Crippen molar-refractivity contribution in [3.63, 3.8) is 0 Å². The van der Waals surface area contributed by atoms with Crippen LogP contribution in [0.15, 0.2) is 27.8 Å². The summed E-state index contributed by atoms with van der Waals surface area (Å²) in [5, 5.41) is 14.1. The molecule has 31 heavy (non-hydrogen) atoms. The van der Waals surface area contributed by atoms with Crippen LogP contribution >= 0.6 is 11.8 Å². The van der Waals surface area contributed by atoms with Gasteiger partial charge in [0, 0.05) is 5.69 Å². The van der Waals surface area contributed by atoms with Gasteiger partial charge in [-0.1, -0.05) is 43.8 Å². The third-order valence-corrected chi connectivity index (χ3v) is 5.01. The van der Waals surface area contributed by atoms with Crippen LogP contribution in [0.25, 0.3) is 0 Å². The van der Waals surface area contributed by atoms with E-state index in [-0.39, 0.29) is 28.7 Å². The van der Waals surface area contributed by atoms with Gasteiger partial charge in [-0.15, -0.1) is 10.2 Å². The Kier molecular flexibility index (Phi) is 8.50. The number of hydrogen-bond acceptors (Lipinski definition) is 7. The SMILES string of the molecule is Cc1cccc(C)c1NC(=O)CSc1nnc([C@H](CC(C)C)NC(=O)OC(C)(C)C)o1. The largest absolute Gasteiger partial charge is 0.444 e. The minimum Gasteiger partial charge on any atom is -0.444 e. The van der Waals surface area contributed by atoms with Crippen LogP contribution in [0, 0.1) is 19.8 Å². The molecule has 0 aliphatic carbocycles. The van der Waals surface area contributed by atoms with E-state index >= 15 is 0 Å². The molecule has 170 valence electrons. The van der Waals surface area contributed by atoms with E-state index in [1.807, 2.05) is 45.9 Å². The number of hydrogen-bond donors (Lipinski definition) is 2. The first-order valence-corrected chi connectivity index (χ1v) is 11.2. The van der Waals surface area contributed by atoms with Crippen molar-refractivity contribution in [2.24, 2.45) is 5.92 Å². The molecule has 9 heteroatoms. The molecule has 0 spiro atoms. The molecule has 1 heterocycles. The molecule has 0 saturated heterocycles. The summed E-state index contributed by atoms with van der Waals surface area (Å²) in [5.41, 5.74) is 2.22. The number of nitrogens with zero attached hydrogens (tertiary/aromatic N) is 2. The minimum atomic E-state index is -0.606. The molecule has 0 fully saturated rings. The first-order chi connectivity index (χ1) is 14.4. The van der Waals surface area contributed by atoms with E-state index < -0.39 is 17.7 Å². The molecule has 0 aliphatic rings. The predicted octanol–water partition coefficient (Wildman–Crippen LogP) is 5.03. The Labute approximate surface area is 187 Å². The summed E-state index contributed by atoms with van der Waals surface area (Å²) in [4.78, 5) is 24.6. The fraction of sp³-hybridized carbons (Fsp3) is 0.545. The van der Waals surface area contributed by atoms with Crippen LogP contribution in [-0.4, -0.2) is 33.6 Å². The summed E-state index contributed by atoms with van der Waals surface area (Å²) in [6.07, 6.45) is 0.0667. The van der Waals surface area contributed by atoms with E-state index in [1.54, 1.807) is 20.8 Å². The van der Waals surface area contributed by atoms with Crippen LogP contribution in [0.5, 0.6) is 0 Å². The van der Waals surface area contributed by atoms with Crippen molar-refractivity contribution in [1.29, 1.82) is 0 Å². The van der Waals surface area contributed by atoms with E-state index in [0.29, 0.717) is 6.42 Å². The summed E-state index contributed by atoms with van der Waals surface area (Å²) >= 11 is 1.15. The molecule has 0 unspecified atom stereocenters. The highest BCUT2D eigenvalue weighted by Crippen LogP contribution is 2.25. The van der Waals surface area contributed by atoms with Crippen molar-refractivity contribution in [3.05, 3.63) is 35.2 Å². The summed E-state index contributed by atoms with van der Waals surface area (Å²) in [6.45, 7) is 13.4. The highest BCUT2D eigenvalue weighted by Gasteiger charge is 2.25. The van der Waals surface area contributed by atoms with Gasteiger partial charge in [0.2, 0.25) is 11.8 Å². The van der Waals surface area contributed by atoms with Gasteiger partial charge in [0.1, 0.15) is 11.6 Å². The molecular weight excluding hydrogens is 416 g/mol. The normalized spacial score (nSPS) is 12.5. The summed E-state index contributed by atoms with van der Waals surface area (Å²) < 4.78 is 11.1. The first-order valence-electron chi connectivity index (χ1n) is 10.3. The summed E-state index contributed by atoms with van der Waals surface area (Å²) in [5.74, 6) is 0.542. The van der Waals surface area contributed by atoms with Gasteiger partial charge in [0.15, 0.2) is 0 Å². The summed E-state index contributed by atoms with van der Waals surface area (Å²) in [7, 11) is 0. The maximum absolute atomic E-state index is 12.4. The number of para-hydroxylation sites is 1. The topological polar surface area (TPSA) is 106 Å². The van der Waals surface area contributed by atoms with Crippen molar-refractivity contribution in [1.82, 2.24) is 15.5 Å². The lowest BCUT2D eigenvalue weighted by atomic mass is 10.0. The lowest BCUT2D eigenvalue weighted by Crippen LogP contribution is -2.35. The van der Waals surface area contributed by atoms with E-state index in [9.17, 15) is 9.59 Å². The fourth-order valence-electron chi connectivity index (χ4n) is 2.88. The fourth-order valence-corrected chi connectivity index (χ4v) is 3.45. The molecule has 2 amide bonds. The molecule has 2 rings (SSSR count). The van der Waals surface area contributed by atoms with Crippen molar-refractivity contribution < 1.29 is 18.7 Å². The van der Waals surface area contributed by atoms with Gasteiger partial charge in [-0.3, -0.25) is 4.79 Å². The predicted molar refractivity (Wildman–Crippen MR) is 121 cm³/mol. The van der Waals surface area contributed by atoms with Crippen LogP contribution in [0.3, 0.4) is 0 Å². The number of carbonyl (C=O) groups is 2. The van der Waals surface area contributed by atoms with Gasteiger partial charge in [0.25, 0.3) is 5.22 Å². The quantitative estimate of drug-likeness (QED) is 0.546. The van der Waals surface area contributed by atoms with Crippen LogP contribution in [0.1, 0.15) is 64.1 Å². The molecule has 0 bridgehead atoms. The number of nitrogens with one attached hydrogen (secondary N) is 2. The number of benzene rings is 1. The Morgan fingerprint density at radius 2 is 1.81 bits per heavy atom. The van der Waals surface area contributed by atoms with Crippen molar-refractivity contribution in [2.75, 3.05) is 11.1 Å². The Bertz CT molecular complexity index is 885. The molecule has 0 aliphatic heterocycles. The zero-order valence-corrected chi connectivity index (χ0v) is 20.1. The minimum absolute atomic E-state index is 0.129. The average molecular weight is 449 g/mol. The zero-order chi connectivity index (χ0) is 23.2.